The molecule has 2 fully saturated rings. The Morgan fingerprint density at radius 1 is 1.00 bits per heavy atom. The highest BCUT2D eigenvalue weighted by atomic mass is 32.2. The topological polar surface area (TPSA) is 100 Å². The van der Waals surface area contributed by atoms with Crippen molar-refractivity contribution in [1.29, 1.82) is 0 Å². The van der Waals surface area contributed by atoms with Gasteiger partial charge < -0.3 is 20.1 Å². The van der Waals surface area contributed by atoms with Crippen LogP contribution in [0.3, 0.4) is 0 Å². The van der Waals surface area contributed by atoms with Crippen LogP contribution in [0.1, 0.15) is 19.4 Å². The van der Waals surface area contributed by atoms with Gasteiger partial charge in [0.05, 0.1) is 31.3 Å². The minimum Gasteiger partial charge on any atom is -0.379 e. The number of ether oxygens (including phenoxy) is 2. The maximum absolute atomic E-state index is 13.0. The Labute approximate surface area is 185 Å². The van der Waals surface area contributed by atoms with Crippen molar-refractivity contribution >= 4 is 16.1 Å². The number of morpholine rings is 2. The normalized spacial score (nSPS) is 19.8. The van der Waals surface area contributed by atoms with Crippen molar-refractivity contribution in [3.05, 3.63) is 29.8 Å². The Balaban J connectivity index is 1.57. The third kappa shape index (κ3) is 6.39. The van der Waals surface area contributed by atoms with E-state index in [4.69, 9.17) is 9.47 Å². The van der Waals surface area contributed by atoms with Crippen LogP contribution in [-0.4, -0.2) is 88.8 Å². The number of carbonyl (C=O) groups is 1. The van der Waals surface area contributed by atoms with Gasteiger partial charge in [0.1, 0.15) is 0 Å². The summed E-state index contributed by atoms with van der Waals surface area (Å²) in [6, 6.07) is 6.72. The average Bonchev–Trinajstić information content (AvgIpc) is 2.79. The first-order chi connectivity index (χ1) is 14.9. The Morgan fingerprint density at radius 2 is 1.61 bits per heavy atom. The molecule has 3 rings (SSSR count). The summed E-state index contributed by atoms with van der Waals surface area (Å²) < 4.78 is 38.2. The van der Waals surface area contributed by atoms with E-state index in [1.807, 2.05) is 0 Å². The van der Waals surface area contributed by atoms with E-state index in [0.717, 1.165) is 13.1 Å². The van der Waals surface area contributed by atoms with Gasteiger partial charge in [0.15, 0.2) is 0 Å². The molecular weight excluding hydrogens is 420 g/mol. The molecule has 2 aliphatic rings. The predicted octanol–water partition coefficient (Wildman–Crippen LogP) is 0.864. The summed E-state index contributed by atoms with van der Waals surface area (Å²) in [7, 11) is -3.63. The molecule has 174 valence electrons. The molecule has 2 heterocycles. The van der Waals surface area contributed by atoms with E-state index in [2.05, 4.69) is 29.4 Å². The van der Waals surface area contributed by atoms with E-state index in [1.165, 1.54) is 4.31 Å². The van der Waals surface area contributed by atoms with Crippen molar-refractivity contribution < 1.29 is 22.7 Å². The minimum absolute atomic E-state index is 0.134. The first kappa shape index (κ1) is 23.9. The lowest BCUT2D eigenvalue weighted by Crippen LogP contribution is -2.52. The number of sulfonamides is 1. The van der Waals surface area contributed by atoms with Gasteiger partial charge in [-0.25, -0.2) is 13.2 Å². The molecule has 2 aliphatic heterocycles. The first-order valence-corrected chi connectivity index (χ1v) is 12.3. The molecule has 1 aromatic carbocycles. The van der Waals surface area contributed by atoms with E-state index in [9.17, 15) is 13.2 Å². The third-order valence-electron chi connectivity index (χ3n) is 5.76. The van der Waals surface area contributed by atoms with Gasteiger partial charge in [0.2, 0.25) is 10.0 Å². The molecule has 1 aromatic rings. The second-order valence-electron chi connectivity index (χ2n) is 8.15. The van der Waals surface area contributed by atoms with E-state index in [1.54, 1.807) is 24.3 Å². The summed E-state index contributed by atoms with van der Waals surface area (Å²) >= 11 is 0. The molecular formula is C21H34N4O5S. The molecule has 31 heavy (non-hydrogen) atoms. The second-order valence-corrected chi connectivity index (χ2v) is 10.1. The minimum atomic E-state index is -3.63. The molecule has 0 aliphatic carbocycles. The number of hydrogen-bond donors (Lipinski definition) is 2. The maximum Gasteiger partial charge on any atom is 0.315 e. The van der Waals surface area contributed by atoms with Gasteiger partial charge in [-0.2, -0.15) is 4.31 Å². The van der Waals surface area contributed by atoms with Crippen LogP contribution < -0.4 is 10.6 Å². The van der Waals surface area contributed by atoms with Crippen LogP contribution in [0.5, 0.6) is 0 Å². The highest BCUT2D eigenvalue weighted by Gasteiger charge is 2.28. The van der Waals surface area contributed by atoms with Crippen molar-refractivity contribution in [2.75, 3.05) is 59.2 Å². The fraction of sp³-hybridized carbons (Fsp3) is 0.667. The van der Waals surface area contributed by atoms with E-state index >= 15 is 0 Å². The SMILES string of the molecule is CC(C)[C@H](CNC(=O)NCc1ccccc1S(=O)(=O)N1CCOCC1)N1CCOCC1. The summed E-state index contributed by atoms with van der Waals surface area (Å²) in [5.41, 5.74) is 0.567. The Bertz CT molecular complexity index is 821. The highest BCUT2D eigenvalue weighted by Crippen LogP contribution is 2.21. The maximum atomic E-state index is 13.0. The number of benzene rings is 1. The monoisotopic (exact) mass is 454 g/mol. The molecule has 2 N–H and O–H groups in total. The zero-order valence-corrected chi connectivity index (χ0v) is 19.2. The van der Waals surface area contributed by atoms with E-state index in [0.29, 0.717) is 57.5 Å². The number of rotatable bonds is 8. The standard InChI is InChI=1S/C21H34N4O5S/c1-17(2)19(24-7-11-29-12-8-24)16-23-21(26)22-15-18-5-3-4-6-20(18)31(27,28)25-9-13-30-14-10-25/h3-6,17,19H,7-16H2,1-2H3,(H2,22,23,26)/t19-/m0/s1. The number of nitrogens with zero attached hydrogens (tertiary/aromatic N) is 2. The van der Waals surface area contributed by atoms with Crippen molar-refractivity contribution in [2.45, 2.75) is 31.3 Å². The van der Waals surface area contributed by atoms with Crippen molar-refractivity contribution in [2.24, 2.45) is 5.92 Å². The zero-order chi connectivity index (χ0) is 22.3. The molecule has 0 unspecified atom stereocenters. The molecule has 1 atom stereocenters. The van der Waals surface area contributed by atoms with Crippen LogP contribution in [0, 0.1) is 5.92 Å². The Kier molecular flexibility index (Phi) is 8.67. The van der Waals surface area contributed by atoms with Gasteiger partial charge in [-0.3, -0.25) is 4.90 Å². The molecule has 0 bridgehead atoms. The molecule has 0 spiro atoms. The summed E-state index contributed by atoms with van der Waals surface area (Å²) in [5.74, 6) is 0.387. The van der Waals surface area contributed by atoms with Crippen LogP contribution in [0.2, 0.25) is 0 Å². The molecule has 2 saturated heterocycles. The van der Waals surface area contributed by atoms with Crippen molar-refractivity contribution in [1.82, 2.24) is 19.8 Å². The molecule has 9 nitrogen and oxygen atoms in total. The molecule has 0 radical (unpaired) electrons. The van der Waals surface area contributed by atoms with Crippen LogP contribution in [0.4, 0.5) is 4.79 Å². The molecule has 0 saturated carbocycles. The van der Waals surface area contributed by atoms with E-state index < -0.39 is 10.0 Å². The predicted molar refractivity (Wildman–Crippen MR) is 117 cm³/mol. The third-order valence-corrected chi connectivity index (χ3v) is 7.75. The second kappa shape index (κ2) is 11.2. The fourth-order valence-electron chi connectivity index (χ4n) is 3.96. The van der Waals surface area contributed by atoms with Gasteiger partial charge in [-0.15, -0.1) is 0 Å². The quantitative estimate of drug-likeness (QED) is 0.605. The van der Waals surface area contributed by atoms with Crippen LogP contribution in [0.15, 0.2) is 29.2 Å². The molecule has 10 heteroatoms. The summed E-state index contributed by atoms with van der Waals surface area (Å²) in [5, 5.41) is 5.75. The smallest absolute Gasteiger partial charge is 0.315 e. The van der Waals surface area contributed by atoms with Gasteiger partial charge in [-0.1, -0.05) is 32.0 Å². The molecule has 2 amide bonds. The Morgan fingerprint density at radius 3 is 2.26 bits per heavy atom. The Hall–Kier alpha value is -1.72. The average molecular weight is 455 g/mol. The summed E-state index contributed by atoms with van der Waals surface area (Å²) in [4.78, 5) is 15.0. The number of hydrogen-bond acceptors (Lipinski definition) is 6. The lowest BCUT2D eigenvalue weighted by atomic mass is 10.0. The van der Waals surface area contributed by atoms with Gasteiger partial charge in [0.25, 0.3) is 0 Å². The number of nitrogens with one attached hydrogen (secondary N) is 2. The van der Waals surface area contributed by atoms with Crippen molar-refractivity contribution in [3.63, 3.8) is 0 Å². The summed E-state index contributed by atoms with van der Waals surface area (Å²) in [6.07, 6.45) is 0. The molecule has 0 aromatic heterocycles. The van der Waals surface area contributed by atoms with Crippen LogP contribution in [0.25, 0.3) is 0 Å². The first-order valence-electron chi connectivity index (χ1n) is 10.9. The lowest BCUT2D eigenvalue weighted by Gasteiger charge is -2.36. The van der Waals surface area contributed by atoms with Crippen LogP contribution >= 0.6 is 0 Å². The van der Waals surface area contributed by atoms with E-state index in [-0.39, 0.29) is 23.5 Å². The summed E-state index contributed by atoms with van der Waals surface area (Å²) in [6.45, 7) is 9.55. The highest BCUT2D eigenvalue weighted by molar-refractivity contribution is 7.89. The lowest BCUT2D eigenvalue weighted by molar-refractivity contribution is 0.00719. The van der Waals surface area contributed by atoms with Gasteiger partial charge in [0, 0.05) is 45.3 Å². The largest absolute Gasteiger partial charge is 0.379 e. The fourth-order valence-corrected chi connectivity index (χ4v) is 5.59. The number of amides is 2. The van der Waals surface area contributed by atoms with Crippen molar-refractivity contribution in [3.8, 4) is 0 Å². The number of urea groups is 1. The zero-order valence-electron chi connectivity index (χ0n) is 18.4. The van der Waals surface area contributed by atoms with Gasteiger partial charge in [-0.05, 0) is 17.5 Å². The number of carbonyl (C=O) groups excluding carboxylic acids is 1. The van der Waals surface area contributed by atoms with Crippen LogP contribution in [-0.2, 0) is 26.0 Å². The van der Waals surface area contributed by atoms with Gasteiger partial charge >= 0.3 is 6.03 Å².